The first-order valence-electron chi connectivity index (χ1n) is 3.30. The Morgan fingerprint density at radius 1 is 1.40 bits per heavy atom. The summed E-state index contributed by atoms with van der Waals surface area (Å²) in [5.41, 5.74) is 0. The van der Waals surface area contributed by atoms with Crippen molar-refractivity contribution in [1.29, 1.82) is 0 Å². The molecule has 0 N–H and O–H groups in total. The van der Waals surface area contributed by atoms with Crippen molar-refractivity contribution in [2.75, 3.05) is 14.1 Å². The van der Waals surface area contributed by atoms with Gasteiger partial charge in [0.25, 0.3) is 0 Å². The Bertz CT molecular complexity index is 176. The van der Waals surface area contributed by atoms with Crippen molar-refractivity contribution >= 4 is 5.91 Å². The number of carbonyl (C=O) groups excluding carboxylic acids is 1. The molecule has 0 saturated carbocycles. The van der Waals surface area contributed by atoms with Gasteiger partial charge in [-0.25, -0.2) is 0 Å². The lowest BCUT2D eigenvalue weighted by atomic mass is 10.2. The zero-order chi connectivity index (χ0) is 7.72. The van der Waals surface area contributed by atoms with Crippen LogP contribution >= 0.6 is 0 Å². The molecule has 1 aliphatic rings. The summed E-state index contributed by atoms with van der Waals surface area (Å²) in [6.07, 6.45) is 3.66. The maximum atomic E-state index is 11.2. The highest BCUT2D eigenvalue weighted by Crippen LogP contribution is 2.06. The van der Waals surface area contributed by atoms with E-state index in [-0.39, 0.29) is 11.9 Å². The fourth-order valence-corrected chi connectivity index (χ4v) is 0.877. The van der Waals surface area contributed by atoms with Gasteiger partial charge in [-0.3, -0.25) is 4.79 Å². The first-order valence-corrected chi connectivity index (χ1v) is 3.30. The minimum absolute atomic E-state index is 0.0185. The molecular formula is C7H12N2O. The van der Waals surface area contributed by atoms with Crippen LogP contribution in [0.5, 0.6) is 0 Å². The first kappa shape index (κ1) is 7.12. The van der Waals surface area contributed by atoms with Crippen LogP contribution in [0, 0.1) is 0 Å². The first-order chi connectivity index (χ1) is 4.63. The highest BCUT2D eigenvalue weighted by Gasteiger charge is 2.21. The lowest BCUT2D eigenvalue weighted by Crippen LogP contribution is -2.43. The molecule has 1 rings (SSSR count). The molecule has 3 nitrogen and oxygen atoms in total. The average molecular weight is 140 g/mol. The van der Waals surface area contributed by atoms with Gasteiger partial charge in [0, 0.05) is 26.5 Å². The molecule has 0 aliphatic carbocycles. The largest absolute Gasteiger partial charge is 0.368 e. The van der Waals surface area contributed by atoms with Crippen LogP contribution in [-0.2, 0) is 4.79 Å². The van der Waals surface area contributed by atoms with Crippen molar-refractivity contribution in [1.82, 2.24) is 9.80 Å². The Morgan fingerprint density at radius 3 is 2.50 bits per heavy atom. The number of amides is 1. The molecular weight excluding hydrogens is 128 g/mol. The maximum Gasteiger partial charge on any atom is 0.248 e. The predicted molar refractivity (Wildman–Crippen MR) is 39.1 cm³/mol. The average Bonchev–Trinajstić information content (AvgIpc) is 1.93. The Kier molecular flexibility index (Phi) is 1.66. The van der Waals surface area contributed by atoms with Crippen LogP contribution in [-0.4, -0.2) is 35.8 Å². The molecule has 0 bridgehead atoms. The third-order valence-corrected chi connectivity index (χ3v) is 1.84. The molecule has 10 heavy (non-hydrogen) atoms. The number of nitrogens with zero attached hydrogens (tertiary/aromatic N) is 2. The molecule has 0 saturated heterocycles. The highest BCUT2D eigenvalue weighted by atomic mass is 16.2. The highest BCUT2D eigenvalue weighted by molar-refractivity contribution is 5.83. The van der Waals surface area contributed by atoms with Gasteiger partial charge in [0.2, 0.25) is 5.91 Å². The van der Waals surface area contributed by atoms with Crippen molar-refractivity contribution in [3.8, 4) is 0 Å². The summed E-state index contributed by atoms with van der Waals surface area (Å²) >= 11 is 0. The van der Waals surface area contributed by atoms with E-state index >= 15 is 0 Å². The lowest BCUT2D eigenvalue weighted by molar-refractivity contribution is -0.132. The van der Waals surface area contributed by atoms with Gasteiger partial charge in [-0.05, 0) is 6.92 Å². The van der Waals surface area contributed by atoms with Crippen molar-refractivity contribution in [2.24, 2.45) is 0 Å². The molecule has 0 aromatic heterocycles. The normalized spacial score (nSPS) is 25.9. The molecule has 56 valence electrons. The molecule has 0 fully saturated rings. The molecule has 1 aliphatic heterocycles. The summed E-state index contributed by atoms with van der Waals surface area (Å²) < 4.78 is 0. The zero-order valence-corrected chi connectivity index (χ0v) is 6.53. The van der Waals surface area contributed by atoms with E-state index < -0.39 is 0 Å². The second kappa shape index (κ2) is 2.33. The monoisotopic (exact) mass is 140 g/mol. The Labute approximate surface area is 60.9 Å². The van der Waals surface area contributed by atoms with Gasteiger partial charge in [-0.2, -0.15) is 0 Å². The fraction of sp³-hybridized carbons (Fsp3) is 0.571. The van der Waals surface area contributed by atoms with Crippen LogP contribution < -0.4 is 0 Å². The van der Waals surface area contributed by atoms with E-state index in [1.165, 1.54) is 0 Å². The van der Waals surface area contributed by atoms with Crippen molar-refractivity contribution in [3.05, 3.63) is 12.4 Å². The summed E-state index contributed by atoms with van der Waals surface area (Å²) in [7, 11) is 3.66. The van der Waals surface area contributed by atoms with E-state index in [1.807, 2.05) is 25.1 Å². The number of likely N-dealkylation sites (N-methyl/N-ethyl adjacent to an activating group) is 2. The van der Waals surface area contributed by atoms with Gasteiger partial charge in [-0.1, -0.05) is 0 Å². The molecule has 0 aromatic rings. The van der Waals surface area contributed by atoms with E-state index in [2.05, 4.69) is 0 Å². The smallest absolute Gasteiger partial charge is 0.248 e. The molecule has 0 spiro atoms. The van der Waals surface area contributed by atoms with Gasteiger partial charge < -0.3 is 9.80 Å². The Morgan fingerprint density at radius 2 is 2.00 bits per heavy atom. The standard InChI is InChI=1S/C7H12N2O/c1-6-7(10)9(3)5-4-8(6)2/h4-6H,1-3H3. The van der Waals surface area contributed by atoms with E-state index in [4.69, 9.17) is 0 Å². The molecule has 3 heteroatoms. The molecule has 1 unspecified atom stereocenters. The Hall–Kier alpha value is -0.990. The van der Waals surface area contributed by atoms with Crippen LogP contribution in [0.15, 0.2) is 12.4 Å². The van der Waals surface area contributed by atoms with Gasteiger partial charge in [0.1, 0.15) is 6.04 Å². The maximum absolute atomic E-state index is 11.2. The summed E-state index contributed by atoms with van der Waals surface area (Å²) in [4.78, 5) is 14.7. The minimum atomic E-state index is -0.0185. The van der Waals surface area contributed by atoms with Gasteiger partial charge in [0.15, 0.2) is 0 Å². The van der Waals surface area contributed by atoms with Crippen LogP contribution in [0.3, 0.4) is 0 Å². The van der Waals surface area contributed by atoms with Gasteiger partial charge in [0.05, 0.1) is 0 Å². The van der Waals surface area contributed by atoms with Gasteiger partial charge >= 0.3 is 0 Å². The summed E-state index contributed by atoms with van der Waals surface area (Å²) in [5.74, 6) is 0.144. The predicted octanol–water partition coefficient (Wildman–Crippen LogP) is 0.250. The quantitative estimate of drug-likeness (QED) is 0.481. The fourth-order valence-electron chi connectivity index (χ4n) is 0.877. The molecule has 0 aromatic carbocycles. The van der Waals surface area contributed by atoms with Crippen LogP contribution in [0.2, 0.25) is 0 Å². The molecule has 1 heterocycles. The number of hydrogen-bond donors (Lipinski definition) is 0. The van der Waals surface area contributed by atoms with E-state index in [0.29, 0.717) is 0 Å². The zero-order valence-electron chi connectivity index (χ0n) is 6.53. The topological polar surface area (TPSA) is 23.6 Å². The third kappa shape index (κ3) is 0.988. The minimum Gasteiger partial charge on any atom is -0.368 e. The Balaban J connectivity index is 2.79. The summed E-state index contributed by atoms with van der Waals surface area (Å²) in [6.45, 7) is 1.89. The summed E-state index contributed by atoms with van der Waals surface area (Å²) in [6, 6.07) is -0.0185. The number of rotatable bonds is 0. The van der Waals surface area contributed by atoms with E-state index in [1.54, 1.807) is 18.1 Å². The van der Waals surface area contributed by atoms with Crippen molar-refractivity contribution in [2.45, 2.75) is 13.0 Å². The second-order valence-electron chi connectivity index (χ2n) is 2.59. The molecule has 1 amide bonds. The van der Waals surface area contributed by atoms with Crippen molar-refractivity contribution < 1.29 is 4.79 Å². The molecule has 0 radical (unpaired) electrons. The lowest BCUT2D eigenvalue weighted by Gasteiger charge is -2.30. The summed E-state index contributed by atoms with van der Waals surface area (Å²) in [5, 5.41) is 0. The second-order valence-corrected chi connectivity index (χ2v) is 2.59. The van der Waals surface area contributed by atoms with E-state index in [9.17, 15) is 4.79 Å². The SMILES string of the molecule is CC1C(=O)N(C)C=CN1C. The van der Waals surface area contributed by atoms with Crippen molar-refractivity contribution in [3.63, 3.8) is 0 Å². The van der Waals surface area contributed by atoms with Gasteiger partial charge in [-0.15, -0.1) is 0 Å². The van der Waals surface area contributed by atoms with E-state index in [0.717, 1.165) is 0 Å². The van der Waals surface area contributed by atoms with Crippen LogP contribution in [0.1, 0.15) is 6.92 Å². The molecule has 1 atom stereocenters. The van der Waals surface area contributed by atoms with Crippen LogP contribution in [0.25, 0.3) is 0 Å². The number of hydrogen-bond acceptors (Lipinski definition) is 2. The third-order valence-electron chi connectivity index (χ3n) is 1.84. The van der Waals surface area contributed by atoms with Crippen LogP contribution in [0.4, 0.5) is 0 Å². The number of carbonyl (C=O) groups is 1.